The molecule has 0 heterocycles. The minimum Gasteiger partial charge on any atom is -0.324 e. The van der Waals surface area contributed by atoms with E-state index in [-0.39, 0.29) is 0 Å². The molecule has 1 aliphatic rings. The van der Waals surface area contributed by atoms with Crippen molar-refractivity contribution in [1.82, 2.24) is 0 Å². The number of nitrogen functional groups attached to an aromatic ring is 1. The van der Waals surface area contributed by atoms with Crippen molar-refractivity contribution >= 4 is 5.69 Å². The number of nitrogens with one attached hydrogen (secondary N) is 1. The van der Waals surface area contributed by atoms with Gasteiger partial charge in [-0.2, -0.15) is 0 Å². The number of hydrazine groups is 1. The summed E-state index contributed by atoms with van der Waals surface area (Å²) in [6.45, 7) is 0. The summed E-state index contributed by atoms with van der Waals surface area (Å²) in [5.74, 6) is 5.71. The topological polar surface area (TPSA) is 38.0 Å². The maximum absolute atomic E-state index is 5.71. The highest BCUT2D eigenvalue weighted by Crippen LogP contribution is 2.42. The molecule has 0 unspecified atom stereocenters. The van der Waals surface area contributed by atoms with Crippen LogP contribution in [0.1, 0.15) is 22.3 Å². The van der Waals surface area contributed by atoms with E-state index in [4.69, 9.17) is 5.84 Å². The van der Waals surface area contributed by atoms with Gasteiger partial charge >= 0.3 is 0 Å². The highest BCUT2D eigenvalue weighted by Gasteiger charge is 2.23. The average molecular weight is 286 g/mol. The fraction of sp³-hybridized carbons (Fsp3) is 0.100. The molecule has 0 spiro atoms. The van der Waals surface area contributed by atoms with Gasteiger partial charge in [-0.05, 0) is 45.9 Å². The SMILES string of the molecule is NNc1ccc(Cc2ccccc2)c2c1Cc1ccccc1-2. The summed E-state index contributed by atoms with van der Waals surface area (Å²) in [6, 6.07) is 23.6. The molecule has 0 saturated heterocycles. The summed E-state index contributed by atoms with van der Waals surface area (Å²) in [6.07, 6.45) is 1.90. The Morgan fingerprint density at radius 1 is 0.864 bits per heavy atom. The van der Waals surface area contributed by atoms with Crippen molar-refractivity contribution in [2.24, 2.45) is 5.84 Å². The van der Waals surface area contributed by atoms with Gasteiger partial charge in [0.05, 0.1) is 5.69 Å². The van der Waals surface area contributed by atoms with Gasteiger partial charge in [-0.1, -0.05) is 60.7 Å². The predicted molar refractivity (Wildman–Crippen MR) is 91.7 cm³/mol. The summed E-state index contributed by atoms with van der Waals surface area (Å²) in [5, 5.41) is 0. The van der Waals surface area contributed by atoms with Crippen LogP contribution in [-0.4, -0.2) is 0 Å². The van der Waals surface area contributed by atoms with E-state index in [0.717, 1.165) is 18.5 Å². The predicted octanol–water partition coefficient (Wildman–Crippen LogP) is 4.13. The molecule has 0 amide bonds. The summed E-state index contributed by atoms with van der Waals surface area (Å²) < 4.78 is 0. The molecular formula is C20H18N2. The fourth-order valence-electron chi connectivity index (χ4n) is 3.42. The zero-order valence-electron chi connectivity index (χ0n) is 12.3. The van der Waals surface area contributed by atoms with Gasteiger partial charge < -0.3 is 5.43 Å². The Kier molecular flexibility index (Phi) is 3.17. The van der Waals surface area contributed by atoms with Gasteiger partial charge in [0.1, 0.15) is 0 Å². The van der Waals surface area contributed by atoms with Gasteiger partial charge in [0.25, 0.3) is 0 Å². The summed E-state index contributed by atoms with van der Waals surface area (Å²) >= 11 is 0. The normalized spacial score (nSPS) is 11.9. The van der Waals surface area contributed by atoms with Crippen LogP contribution in [0.15, 0.2) is 66.7 Å². The molecule has 108 valence electrons. The van der Waals surface area contributed by atoms with Gasteiger partial charge in [0, 0.05) is 6.42 Å². The Balaban J connectivity index is 1.87. The zero-order chi connectivity index (χ0) is 14.9. The average Bonchev–Trinajstić information content (AvgIpc) is 2.96. The lowest BCUT2D eigenvalue weighted by atomic mass is 9.94. The van der Waals surface area contributed by atoms with Gasteiger partial charge in [-0.15, -0.1) is 0 Å². The third kappa shape index (κ3) is 2.09. The van der Waals surface area contributed by atoms with Crippen LogP contribution >= 0.6 is 0 Å². The molecule has 0 saturated carbocycles. The van der Waals surface area contributed by atoms with E-state index >= 15 is 0 Å². The fourth-order valence-corrected chi connectivity index (χ4v) is 3.42. The third-order valence-electron chi connectivity index (χ3n) is 4.45. The van der Waals surface area contributed by atoms with Crippen molar-refractivity contribution in [3.8, 4) is 11.1 Å². The second kappa shape index (κ2) is 5.32. The highest BCUT2D eigenvalue weighted by atomic mass is 15.2. The maximum Gasteiger partial charge on any atom is 0.0526 e. The summed E-state index contributed by atoms with van der Waals surface area (Å²) in [7, 11) is 0. The standard InChI is InChI=1S/C20H18N2/c21-22-19-11-10-16(12-14-6-2-1-3-7-14)20-17-9-5-4-8-15(17)13-18(19)20/h1-11,22H,12-13,21H2. The zero-order valence-corrected chi connectivity index (χ0v) is 12.3. The van der Waals surface area contributed by atoms with E-state index in [0.29, 0.717) is 0 Å². The van der Waals surface area contributed by atoms with Crippen LogP contribution in [0.4, 0.5) is 5.69 Å². The van der Waals surface area contributed by atoms with Crippen LogP contribution in [0.2, 0.25) is 0 Å². The Morgan fingerprint density at radius 3 is 2.45 bits per heavy atom. The Hall–Kier alpha value is -2.58. The Bertz CT molecular complexity index is 822. The second-order valence-corrected chi connectivity index (χ2v) is 5.77. The van der Waals surface area contributed by atoms with Crippen LogP contribution in [0.25, 0.3) is 11.1 Å². The number of anilines is 1. The van der Waals surface area contributed by atoms with Crippen molar-refractivity contribution in [1.29, 1.82) is 0 Å². The second-order valence-electron chi connectivity index (χ2n) is 5.77. The highest BCUT2D eigenvalue weighted by molar-refractivity contribution is 5.84. The molecule has 0 radical (unpaired) electrons. The van der Waals surface area contributed by atoms with Crippen molar-refractivity contribution in [2.75, 3.05) is 5.43 Å². The van der Waals surface area contributed by atoms with E-state index in [1.54, 1.807) is 0 Å². The molecule has 1 aliphatic carbocycles. The van der Waals surface area contributed by atoms with Crippen molar-refractivity contribution in [3.63, 3.8) is 0 Å². The summed E-state index contributed by atoms with van der Waals surface area (Å²) in [5.41, 5.74) is 12.0. The first-order valence-electron chi connectivity index (χ1n) is 7.60. The summed E-state index contributed by atoms with van der Waals surface area (Å²) in [4.78, 5) is 0. The van der Waals surface area contributed by atoms with Gasteiger partial charge in [-0.3, -0.25) is 5.84 Å². The van der Waals surface area contributed by atoms with Crippen LogP contribution < -0.4 is 11.3 Å². The molecule has 0 bridgehead atoms. The van der Waals surface area contributed by atoms with E-state index < -0.39 is 0 Å². The molecule has 2 nitrogen and oxygen atoms in total. The Morgan fingerprint density at radius 2 is 1.64 bits per heavy atom. The number of nitrogens with two attached hydrogens (primary N) is 1. The molecule has 3 aromatic carbocycles. The molecular weight excluding hydrogens is 268 g/mol. The first-order chi connectivity index (χ1) is 10.9. The number of benzene rings is 3. The molecule has 22 heavy (non-hydrogen) atoms. The first kappa shape index (κ1) is 13.1. The lowest BCUT2D eigenvalue weighted by molar-refractivity contribution is 1.17. The number of rotatable bonds is 3. The lowest BCUT2D eigenvalue weighted by Crippen LogP contribution is -2.09. The van der Waals surface area contributed by atoms with Crippen LogP contribution in [-0.2, 0) is 12.8 Å². The van der Waals surface area contributed by atoms with E-state index in [1.807, 2.05) is 0 Å². The number of fused-ring (bicyclic) bond motifs is 3. The third-order valence-corrected chi connectivity index (χ3v) is 4.45. The first-order valence-corrected chi connectivity index (χ1v) is 7.60. The quantitative estimate of drug-likeness (QED) is 0.439. The van der Waals surface area contributed by atoms with Gasteiger partial charge in [0.2, 0.25) is 0 Å². The maximum atomic E-state index is 5.71. The van der Waals surface area contributed by atoms with Crippen molar-refractivity contribution < 1.29 is 0 Å². The molecule has 0 atom stereocenters. The van der Waals surface area contributed by atoms with Crippen molar-refractivity contribution in [3.05, 3.63) is 89.0 Å². The molecule has 0 fully saturated rings. The molecule has 3 aromatic rings. The minimum atomic E-state index is 0.947. The van der Waals surface area contributed by atoms with Crippen LogP contribution in [0.3, 0.4) is 0 Å². The van der Waals surface area contributed by atoms with E-state index in [9.17, 15) is 0 Å². The number of hydrogen-bond donors (Lipinski definition) is 2. The largest absolute Gasteiger partial charge is 0.324 e. The minimum absolute atomic E-state index is 0.947. The van der Waals surface area contributed by atoms with E-state index in [2.05, 4.69) is 72.2 Å². The number of hydrogen-bond acceptors (Lipinski definition) is 2. The van der Waals surface area contributed by atoms with Gasteiger partial charge in [-0.25, -0.2) is 0 Å². The molecule has 0 aliphatic heterocycles. The smallest absolute Gasteiger partial charge is 0.0526 e. The molecule has 3 N–H and O–H groups in total. The van der Waals surface area contributed by atoms with Crippen molar-refractivity contribution in [2.45, 2.75) is 12.8 Å². The lowest BCUT2D eigenvalue weighted by Gasteiger charge is -2.13. The molecule has 0 aromatic heterocycles. The molecule has 4 rings (SSSR count). The van der Waals surface area contributed by atoms with Gasteiger partial charge in [0.15, 0.2) is 0 Å². The van der Waals surface area contributed by atoms with Crippen LogP contribution in [0.5, 0.6) is 0 Å². The van der Waals surface area contributed by atoms with Crippen LogP contribution in [0, 0.1) is 0 Å². The van der Waals surface area contributed by atoms with E-state index in [1.165, 1.54) is 33.4 Å². The molecule has 2 heteroatoms. The monoisotopic (exact) mass is 286 g/mol. The Labute approximate surface area is 130 Å².